The Morgan fingerprint density at radius 3 is 2.57 bits per heavy atom. The van der Waals surface area contributed by atoms with E-state index in [1.54, 1.807) is 0 Å². The normalized spacial score (nSPS) is 32.3. The quantitative estimate of drug-likeness (QED) is 0.549. The van der Waals surface area contributed by atoms with Crippen LogP contribution in [0.15, 0.2) is 24.3 Å². The van der Waals surface area contributed by atoms with Crippen LogP contribution in [-0.4, -0.2) is 36.6 Å². The molecule has 4 atom stereocenters. The molecule has 0 aromatic heterocycles. The van der Waals surface area contributed by atoms with E-state index in [-0.39, 0.29) is 11.9 Å². The van der Waals surface area contributed by atoms with Crippen LogP contribution in [0.2, 0.25) is 0 Å². The first kappa shape index (κ1) is 16.8. The fourth-order valence-electron chi connectivity index (χ4n) is 4.44. The molecule has 4 unspecified atom stereocenters. The molecule has 3 aliphatic rings. The highest BCUT2D eigenvalue weighted by Gasteiger charge is 2.35. The van der Waals surface area contributed by atoms with E-state index in [1.165, 1.54) is 19.3 Å². The van der Waals surface area contributed by atoms with Crippen LogP contribution in [0, 0.1) is 17.8 Å². The van der Waals surface area contributed by atoms with Gasteiger partial charge in [0, 0.05) is 12.6 Å². The van der Waals surface area contributed by atoms with E-state index in [4.69, 9.17) is 4.74 Å². The van der Waals surface area contributed by atoms with Gasteiger partial charge in [0.1, 0.15) is 6.61 Å². The molecule has 0 aromatic carbocycles. The Bertz CT molecular complexity index is 457. The van der Waals surface area contributed by atoms with Crippen molar-refractivity contribution in [2.75, 3.05) is 19.7 Å². The SMILES string of the molecule is CC1CCCN1CCOC(=O)C(C1C=CCC1)C1C=CCCC1. The van der Waals surface area contributed by atoms with Crippen molar-refractivity contribution in [1.82, 2.24) is 4.90 Å². The smallest absolute Gasteiger partial charge is 0.310 e. The molecular formula is C20H31NO2. The van der Waals surface area contributed by atoms with Gasteiger partial charge in [0.25, 0.3) is 0 Å². The molecule has 0 N–H and O–H groups in total. The van der Waals surface area contributed by atoms with Crippen molar-refractivity contribution < 1.29 is 9.53 Å². The van der Waals surface area contributed by atoms with Crippen LogP contribution < -0.4 is 0 Å². The van der Waals surface area contributed by atoms with Gasteiger partial charge in [-0.1, -0.05) is 24.3 Å². The van der Waals surface area contributed by atoms with Gasteiger partial charge in [0.15, 0.2) is 0 Å². The van der Waals surface area contributed by atoms with Gasteiger partial charge < -0.3 is 4.74 Å². The number of carbonyl (C=O) groups is 1. The molecule has 0 saturated carbocycles. The maximum absolute atomic E-state index is 12.8. The van der Waals surface area contributed by atoms with Crippen LogP contribution in [0.3, 0.4) is 0 Å². The van der Waals surface area contributed by atoms with E-state index in [2.05, 4.69) is 36.1 Å². The van der Waals surface area contributed by atoms with E-state index in [0.29, 0.717) is 24.5 Å². The minimum Gasteiger partial charge on any atom is -0.464 e. The Morgan fingerprint density at radius 2 is 1.91 bits per heavy atom. The Kier molecular flexibility index (Phi) is 5.93. The molecule has 128 valence electrons. The first-order valence-electron chi connectivity index (χ1n) is 9.49. The summed E-state index contributed by atoms with van der Waals surface area (Å²) in [5.41, 5.74) is 0. The van der Waals surface area contributed by atoms with Crippen LogP contribution >= 0.6 is 0 Å². The summed E-state index contributed by atoms with van der Waals surface area (Å²) < 4.78 is 5.73. The summed E-state index contributed by atoms with van der Waals surface area (Å²) in [7, 11) is 0. The third-order valence-electron chi connectivity index (χ3n) is 5.85. The molecule has 0 amide bonds. The predicted molar refractivity (Wildman–Crippen MR) is 93.1 cm³/mol. The molecule has 1 saturated heterocycles. The summed E-state index contributed by atoms with van der Waals surface area (Å²) in [5, 5.41) is 0. The third kappa shape index (κ3) is 4.26. The monoisotopic (exact) mass is 317 g/mol. The minimum absolute atomic E-state index is 0.0290. The van der Waals surface area contributed by atoms with Crippen molar-refractivity contribution in [3.05, 3.63) is 24.3 Å². The van der Waals surface area contributed by atoms with Crippen LogP contribution in [0.25, 0.3) is 0 Å². The first-order chi connectivity index (χ1) is 11.3. The zero-order chi connectivity index (χ0) is 16.1. The van der Waals surface area contributed by atoms with Crippen molar-refractivity contribution in [1.29, 1.82) is 0 Å². The Labute approximate surface area is 140 Å². The second kappa shape index (κ2) is 8.14. The van der Waals surface area contributed by atoms with Crippen molar-refractivity contribution in [3.63, 3.8) is 0 Å². The van der Waals surface area contributed by atoms with E-state index >= 15 is 0 Å². The lowest BCUT2D eigenvalue weighted by Crippen LogP contribution is -2.35. The predicted octanol–water partition coefficient (Wildman–Crippen LogP) is 3.95. The highest BCUT2D eigenvalue weighted by atomic mass is 16.5. The summed E-state index contributed by atoms with van der Waals surface area (Å²) in [5.74, 6) is 0.807. The summed E-state index contributed by atoms with van der Waals surface area (Å²) in [4.78, 5) is 15.2. The van der Waals surface area contributed by atoms with E-state index in [1.807, 2.05) is 0 Å². The number of likely N-dealkylation sites (tertiary alicyclic amines) is 1. The third-order valence-corrected chi connectivity index (χ3v) is 5.85. The van der Waals surface area contributed by atoms with E-state index in [9.17, 15) is 4.79 Å². The van der Waals surface area contributed by atoms with Crippen molar-refractivity contribution >= 4 is 5.97 Å². The number of hydrogen-bond acceptors (Lipinski definition) is 3. The largest absolute Gasteiger partial charge is 0.464 e. The molecule has 3 heteroatoms. The molecule has 1 fully saturated rings. The summed E-state index contributed by atoms with van der Waals surface area (Å²) in [6, 6.07) is 0.642. The fraction of sp³-hybridized carbons (Fsp3) is 0.750. The second-order valence-corrected chi connectivity index (χ2v) is 7.41. The number of carbonyl (C=O) groups excluding carboxylic acids is 1. The number of allylic oxidation sites excluding steroid dienone is 4. The van der Waals surface area contributed by atoms with Gasteiger partial charge in [-0.2, -0.15) is 0 Å². The Morgan fingerprint density at radius 1 is 1.13 bits per heavy atom. The van der Waals surface area contributed by atoms with E-state index < -0.39 is 0 Å². The maximum atomic E-state index is 12.8. The van der Waals surface area contributed by atoms with Crippen LogP contribution in [-0.2, 0) is 9.53 Å². The van der Waals surface area contributed by atoms with Gasteiger partial charge in [-0.3, -0.25) is 9.69 Å². The van der Waals surface area contributed by atoms with Crippen molar-refractivity contribution in [2.45, 2.75) is 57.9 Å². The standard InChI is InChI=1S/C20H31NO2/c1-16-8-7-13-21(16)14-15-23-20(22)19(18-11-5-6-12-18)17-9-3-2-4-10-17/h3,5,9,11,16-19H,2,4,6-8,10,12-15H2,1H3. The maximum Gasteiger partial charge on any atom is 0.310 e. The molecular weight excluding hydrogens is 286 g/mol. The van der Waals surface area contributed by atoms with Crippen LogP contribution in [0.4, 0.5) is 0 Å². The summed E-state index contributed by atoms with van der Waals surface area (Å²) in [6.07, 6.45) is 17.2. The lowest BCUT2D eigenvalue weighted by Gasteiger charge is -2.29. The molecule has 1 heterocycles. The van der Waals surface area contributed by atoms with Gasteiger partial charge in [-0.05, 0) is 70.3 Å². The molecule has 0 aromatic rings. The number of hydrogen-bond donors (Lipinski definition) is 0. The first-order valence-corrected chi connectivity index (χ1v) is 9.49. The zero-order valence-corrected chi connectivity index (χ0v) is 14.5. The molecule has 23 heavy (non-hydrogen) atoms. The molecule has 0 spiro atoms. The molecule has 2 aliphatic carbocycles. The van der Waals surface area contributed by atoms with Gasteiger partial charge >= 0.3 is 5.97 Å². The summed E-state index contributed by atoms with van der Waals surface area (Å²) >= 11 is 0. The molecule has 3 nitrogen and oxygen atoms in total. The molecule has 1 aliphatic heterocycles. The summed E-state index contributed by atoms with van der Waals surface area (Å²) in [6.45, 7) is 4.86. The van der Waals surface area contributed by atoms with E-state index in [0.717, 1.165) is 38.8 Å². The van der Waals surface area contributed by atoms with Crippen molar-refractivity contribution in [3.8, 4) is 0 Å². The van der Waals surface area contributed by atoms with Gasteiger partial charge in [-0.15, -0.1) is 0 Å². The topological polar surface area (TPSA) is 29.5 Å². The van der Waals surface area contributed by atoms with Crippen molar-refractivity contribution in [2.24, 2.45) is 17.8 Å². The number of nitrogens with zero attached hydrogens (tertiary/aromatic N) is 1. The lowest BCUT2D eigenvalue weighted by molar-refractivity contribution is -0.152. The zero-order valence-electron chi connectivity index (χ0n) is 14.5. The average Bonchev–Trinajstić information content (AvgIpc) is 3.21. The second-order valence-electron chi connectivity index (χ2n) is 7.41. The highest BCUT2D eigenvalue weighted by molar-refractivity contribution is 5.74. The van der Waals surface area contributed by atoms with Gasteiger partial charge in [0.05, 0.1) is 5.92 Å². The number of ether oxygens (including phenoxy) is 1. The molecule has 3 rings (SSSR count). The minimum atomic E-state index is 0.0290. The average molecular weight is 317 g/mol. The Hall–Kier alpha value is -1.09. The fourth-order valence-corrected chi connectivity index (χ4v) is 4.44. The number of rotatable bonds is 6. The molecule has 0 radical (unpaired) electrons. The molecule has 0 bridgehead atoms. The lowest BCUT2D eigenvalue weighted by atomic mass is 9.77. The van der Waals surface area contributed by atoms with Gasteiger partial charge in [-0.25, -0.2) is 0 Å². The van der Waals surface area contributed by atoms with Crippen LogP contribution in [0.1, 0.15) is 51.9 Å². The highest BCUT2D eigenvalue weighted by Crippen LogP contribution is 2.36. The number of esters is 1. The van der Waals surface area contributed by atoms with Gasteiger partial charge in [0.2, 0.25) is 0 Å². The van der Waals surface area contributed by atoms with Crippen LogP contribution in [0.5, 0.6) is 0 Å². The Balaban J connectivity index is 1.55.